The molecule has 0 aliphatic heterocycles. The molecule has 1 rings (SSSR count). The summed E-state index contributed by atoms with van der Waals surface area (Å²) in [7, 11) is -1.62. The summed E-state index contributed by atoms with van der Waals surface area (Å²) in [5.41, 5.74) is 1.28. The van der Waals surface area contributed by atoms with E-state index in [-0.39, 0.29) is 5.04 Å². The zero-order valence-corrected chi connectivity index (χ0v) is 12.9. The van der Waals surface area contributed by atoms with E-state index in [0.717, 1.165) is 32.3 Å². The van der Waals surface area contributed by atoms with Gasteiger partial charge in [-0.15, -0.1) is 0 Å². The summed E-state index contributed by atoms with van der Waals surface area (Å²) < 4.78 is 6.12. The van der Waals surface area contributed by atoms with E-state index in [9.17, 15) is 4.79 Å². The molecule has 0 bridgehead atoms. The Morgan fingerprint density at radius 1 is 1.29 bits per heavy atom. The lowest BCUT2D eigenvalue weighted by Gasteiger charge is -2.36. The number of ketones is 1. The van der Waals surface area contributed by atoms with Crippen molar-refractivity contribution in [1.29, 1.82) is 0 Å². The normalized spacial score (nSPS) is 18.2. The maximum absolute atomic E-state index is 11.3. The van der Waals surface area contributed by atoms with Crippen LogP contribution in [0.2, 0.25) is 18.1 Å². The van der Waals surface area contributed by atoms with E-state index in [1.54, 1.807) is 0 Å². The van der Waals surface area contributed by atoms with E-state index < -0.39 is 8.32 Å². The van der Waals surface area contributed by atoms with Gasteiger partial charge in [-0.3, -0.25) is 4.79 Å². The predicted octanol–water partition coefficient (Wildman–Crippen LogP) is 4.08. The molecule has 17 heavy (non-hydrogen) atoms. The molecule has 0 aromatic rings. The highest BCUT2D eigenvalue weighted by atomic mass is 28.4. The standard InChI is InChI=1S/C14H26O2Si/c1-14(2,3)17(4,5)16-10-9-12-7-6-8-13(15)11-12/h11H,6-10H2,1-5H3. The lowest BCUT2D eigenvalue weighted by Crippen LogP contribution is -2.41. The Hall–Kier alpha value is -0.413. The second kappa shape index (κ2) is 5.49. The molecular formula is C14H26O2Si. The van der Waals surface area contributed by atoms with Crippen molar-refractivity contribution in [3.8, 4) is 0 Å². The number of hydrogen-bond acceptors (Lipinski definition) is 2. The molecule has 0 heterocycles. The third-order valence-corrected chi connectivity index (χ3v) is 8.52. The van der Waals surface area contributed by atoms with Gasteiger partial charge in [-0.25, -0.2) is 0 Å². The van der Waals surface area contributed by atoms with Crippen molar-refractivity contribution < 1.29 is 9.22 Å². The number of rotatable bonds is 4. The lowest BCUT2D eigenvalue weighted by atomic mass is 9.97. The second-order valence-corrected chi connectivity index (χ2v) is 11.3. The Morgan fingerprint density at radius 2 is 1.94 bits per heavy atom. The maximum atomic E-state index is 11.3. The lowest BCUT2D eigenvalue weighted by molar-refractivity contribution is -0.115. The van der Waals surface area contributed by atoms with E-state index in [4.69, 9.17) is 4.43 Å². The zero-order valence-electron chi connectivity index (χ0n) is 11.9. The molecule has 0 atom stereocenters. The topological polar surface area (TPSA) is 26.3 Å². The summed E-state index contributed by atoms with van der Waals surface area (Å²) in [6, 6.07) is 0. The Balaban J connectivity index is 2.40. The first-order valence-electron chi connectivity index (χ1n) is 6.58. The molecule has 0 saturated heterocycles. The molecule has 0 N–H and O–H groups in total. The fraction of sp³-hybridized carbons (Fsp3) is 0.786. The Bertz CT molecular complexity index is 311. The third kappa shape index (κ3) is 4.40. The molecule has 3 heteroatoms. The molecule has 0 spiro atoms. The average molecular weight is 254 g/mol. The summed E-state index contributed by atoms with van der Waals surface area (Å²) in [5, 5.41) is 0.268. The number of carbonyl (C=O) groups excluding carboxylic acids is 1. The van der Waals surface area contributed by atoms with Gasteiger partial charge in [0.15, 0.2) is 14.1 Å². The molecule has 0 unspecified atom stereocenters. The molecule has 1 aliphatic carbocycles. The Kier molecular flexibility index (Phi) is 4.73. The summed E-state index contributed by atoms with van der Waals surface area (Å²) in [6.07, 6.45) is 5.58. The van der Waals surface area contributed by atoms with E-state index >= 15 is 0 Å². The van der Waals surface area contributed by atoms with Gasteiger partial charge in [-0.05, 0) is 43.5 Å². The molecule has 0 amide bonds. The maximum Gasteiger partial charge on any atom is 0.191 e. The highest BCUT2D eigenvalue weighted by Crippen LogP contribution is 2.36. The molecule has 0 fully saturated rings. The van der Waals surface area contributed by atoms with Gasteiger partial charge in [0, 0.05) is 13.0 Å². The monoisotopic (exact) mass is 254 g/mol. The summed E-state index contributed by atoms with van der Waals surface area (Å²) in [5.74, 6) is 0.290. The fourth-order valence-electron chi connectivity index (χ4n) is 1.71. The quantitative estimate of drug-likeness (QED) is 0.707. The van der Waals surface area contributed by atoms with Crippen molar-refractivity contribution in [2.75, 3.05) is 6.61 Å². The van der Waals surface area contributed by atoms with Crippen LogP contribution in [0, 0.1) is 0 Å². The number of carbonyl (C=O) groups is 1. The predicted molar refractivity (Wildman–Crippen MR) is 74.7 cm³/mol. The van der Waals surface area contributed by atoms with Crippen LogP contribution in [0.5, 0.6) is 0 Å². The van der Waals surface area contributed by atoms with Gasteiger partial charge in [0.05, 0.1) is 0 Å². The second-order valence-electron chi connectivity index (χ2n) is 6.48. The Labute approximate surface area is 107 Å². The van der Waals surface area contributed by atoms with E-state index in [1.807, 2.05) is 6.08 Å². The minimum atomic E-state index is -1.62. The van der Waals surface area contributed by atoms with Gasteiger partial charge in [0.25, 0.3) is 0 Å². The highest BCUT2D eigenvalue weighted by molar-refractivity contribution is 6.74. The van der Waals surface area contributed by atoms with Crippen molar-refractivity contribution in [1.82, 2.24) is 0 Å². The first-order valence-corrected chi connectivity index (χ1v) is 9.49. The molecule has 0 saturated carbocycles. The van der Waals surface area contributed by atoms with Crippen molar-refractivity contribution in [3.63, 3.8) is 0 Å². The van der Waals surface area contributed by atoms with Gasteiger partial charge in [-0.1, -0.05) is 26.3 Å². The SMILES string of the molecule is CC(C)(C)[Si](C)(C)OCCC1=CC(=O)CCC1. The van der Waals surface area contributed by atoms with Crippen LogP contribution >= 0.6 is 0 Å². The van der Waals surface area contributed by atoms with E-state index in [2.05, 4.69) is 33.9 Å². The summed E-state index contributed by atoms with van der Waals surface area (Å²) in [4.78, 5) is 11.3. The van der Waals surface area contributed by atoms with Crippen molar-refractivity contribution in [3.05, 3.63) is 11.6 Å². The van der Waals surface area contributed by atoms with Crippen LogP contribution in [0.25, 0.3) is 0 Å². The smallest absolute Gasteiger partial charge is 0.191 e. The van der Waals surface area contributed by atoms with Crippen LogP contribution in [0.15, 0.2) is 11.6 Å². The fourth-order valence-corrected chi connectivity index (χ4v) is 2.76. The molecule has 0 aromatic heterocycles. The summed E-state index contributed by atoms with van der Waals surface area (Å²) >= 11 is 0. The van der Waals surface area contributed by atoms with Crippen LogP contribution in [-0.2, 0) is 9.22 Å². The minimum Gasteiger partial charge on any atom is -0.417 e. The minimum absolute atomic E-state index is 0.268. The van der Waals surface area contributed by atoms with Crippen LogP contribution in [-0.4, -0.2) is 20.7 Å². The van der Waals surface area contributed by atoms with Crippen LogP contribution in [0.3, 0.4) is 0 Å². The summed E-state index contributed by atoms with van der Waals surface area (Å²) in [6.45, 7) is 12.1. The van der Waals surface area contributed by atoms with Gasteiger partial charge >= 0.3 is 0 Å². The van der Waals surface area contributed by atoms with Crippen molar-refractivity contribution in [2.45, 2.75) is 64.6 Å². The van der Waals surface area contributed by atoms with Gasteiger partial charge in [0.2, 0.25) is 0 Å². The van der Waals surface area contributed by atoms with Crippen molar-refractivity contribution >= 4 is 14.1 Å². The van der Waals surface area contributed by atoms with Gasteiger partial charge in [0.1, 0.15) is 0 Å². The molecule has 0 radical (unpaired) electrons. The van der Waals surface area contributed by atoms with Crippen LogP contribution in [0.1, 0.15) is 46.5 Å². The molecule has 0 aromatic carbocycles. The van der Waals surface area contributed by atoms with Crippen LogP contribution < -0.4 is 0 Å². The van der Waals surface area contributed by atoms with Crippen molar-refractivity contribution in [2.24, 2.45) is 0 Å². The largest absolute Gasteiger partial charge is 0.417 e. The van der Waals surface area contributed by atoms with Gasteiger partial charge < -0.3 is 4.43 Å². The molecule has 98 valence electrons. The first kappa shape index (κ1) is 14.6. The third-order valence-electron chi connectivity index (χ3n) is 3.98. The molecular weight excluding hydrogens is 228 g/mol. The number of allylic oxidation sites excluding steroid dienone is 1. The van der Waals surface area contributed by atoms with Crippen LogP contribution in [0.4, 0.5) is 0 Å². The first-order chi connectivity index (χ1) is 7.72. The van der Waals surface area contributed by atoms with E-state index in [0.29, 0.717) is 5.78 Å². The molecule has 2 nitrogen and oxygen atoms in total. The van der Waals surface area contributed by atoms with Gasteiger partial charge in [-0.2, -0.15) is 0 Å². The highest BCUT2D eigenvalue weighted by Gasteiger charge is 2.36. The Morgan fingerprint density at radius 3 is 2.47 bits per heavy atom. The average Bonchev–Trinajstić information content (AvgIpc) is 2.15. The van der Waals surface area contributed by atoms with E-state index in [1.165, 1.54) is 5.57 Å². The zero-order chi connectivity index (χ0) is 13.1. The molecule has 1 aliphatic rings. The number of hydrogen-bond donors (Lipinski definition) is 0.